The molecule has 0 aromatic rings. The van der Waals surface area contributed by atoms with Crippen LogP contribution in [0.15, 0.2) is 0 Å². The van der Waals surface area contributed by atoms with E-state index in [9.17, 15) is 0 Å². The van der Waals surface area contributed by atoms with Gasteiger partial charge in [-0.25, -0.2) is 0 Å². The summed E-state index contributed by atoms with van der Waals surface area (Å²) >= 11 is 2.58. The van der Waals surface area contributed by atoms with Gasteiger partial charge in [-0.3, -0.25) is 0 Å². The zero-order chi connectivity index (χ0) is 26.9. The van der Waals surface area contributed by atoms with E-state index in [-0.39, 0.29) is 0 Å². The number of unbranched alkanes of at least 4 members (excludes halogenated alkanes) is 26. The largest absolute Gasteiger partial charge is 0.0864 e. The maximum absolute atomic E-state index is 2.58. The molecule has 0 aliphatic rings. The second-order valence-electron chi connectivity index (χ2n) is 12.5. The minimum Gasteiger partial charge on any atom is -0.0864 e. The highest BCUT2D eigenvalue weighted by Gasteiger charge is 2.08. The van der Waals surface area contributed by atoms with Crippen LogP contribution in [0, 0.1) is 5.92 Å². The predicted molar refractivity (Wildman–Crippen MR) is 181 cm³/mol. The van der Waals surface area contributed by atoms with Crippen molar-refractivity contribution >= 4 is 22.6 Å². The van der Waals surface area contributed by atoms with Crippen molar-refractivity contribution in [1.29, 1.82) is 0 Å². The van der Waals surface area contributed by atoms with E-state index in [2.05, 4.69) is 36.4 Å². The Kier molecular flexibility index (Phi) is 35.4. The van der Waals surface area contributed by atoms with Gasteiger partial charge < -0.3 is 0 Å². The van der Waals surface area contributed by atoms with Crippen molar-refractivity contribution in [3.63, 3.8) is 0 Å². The van der Waals surface area contributed by atoms with Crippen molar-refractivity contribution in [2.75, 3.05) is 4.43 Å². The predicted octanol–water partition coefficient (Wildman–Crippen LogP) is 14.6. The fourth-order valence-corrected chi connectivity index (χ4v) is 6.49. The number of halogens is 1. The second-order valence-corrected chi connectivity index (χ2v) is 13.5. The minimum atomic E-state index is 1.03. The third-order valence-corrected chi connectivity index (χ3v) is 9.44. The van der Waals surface area contributed by atoms with Gasteiger partial charge in [0.05, 0.1) is 0 Å². The van der Waals surface area contributed by atoms with Crippen LogP contribution in [0.5, 0.6) is 0 Å². The summed E-state index contributed by atoms with van der Waals surface area (Å²) in [7, 11) is 0. The Labute approximate surface area is 251 Å². The van der Waals surface area contributed by atoms with Gasteiger partial charge in [-0.2, -0.15) is 0 Å². The molecule has 0 radical (unpaired) electrons. The fourth-order valence-electron chi connectivity index (χ4n) is 6.05. The van der Waals surface area contributed by atoms with Crippen LogP contribution in [0.1, 0.15) is 219 Å². The van der Waals surface area contributed by atoms with Gasteiger partial charge >= 0.3 is 0 Å². The summed E-state index contributed by atoms with van der Waals surface area (Å²) in [4.78, 5) is 0. The number of hydrogen-bond donors (Lipinski definition) is 0. The van der Waals surface area contributed by atoms with E-state index in [1.807, 2.05) is 0 Å². The molecule has 0 aliphatic heterocycles. The van der Waals surface area contributed by atoms with Gasteiger partial charge in [-0.15, -0.1) is 0 Å². The lowest BCUT2D eigenvalue weighted by atomic mass is 9.90. The monoisotopic (exact) mass is 632 g/mol. The van der Waals surface area contributed by atoms with Crippen molar-refractivity contribution in [3.8, 4) is 0 Å². The Morgan fingerprint density at radius 2 is 0.514 bits per heavy atom. The summed E-state index contributed by atoms with van der Waals surface area (Å²) in [6.45, 7) is 4.62. The molecule has 0 bridgehead atoms. The minimum absolute atomic E-state index is 1.03. The molecule has 0 aromatic heterocycles. The molecule has 0 atom stereocenters. The van der Waals surface area contributed by atoms with Crippen LogP contribution in [-0.4, -0.2) is 4.43 Å². The normalized spacial score (nSPS) is 11.7. The molecule has 0 nitrogen and oxygen atoms in total. The molecule has 37 heavy (non-hydrogen) atoms. The van der Waals surface area contributed by atoms with E-state index >= 15 is 0 Å². The number of alkyl halides is 1. The fraction of sp³-hybridized carbons (Fsp3) is 1.00. The summed E-state index contributed by atoms with van der Waals surface area (Å²) in [6, 6.07) is 0. The molecule has 224 valence electrons. The Bertz CT molecular complexity index is 347. The first-order valence-electron chi connectivity index (χ1n) is 17.9. The molecule has 0 saturated carbocycles. The van der Waals surface area contributed by atoms with Crippen LogP contribution in [0.25, 0.3) is 0 Å². The van der Waals surface area contributed by atoms with Crippen LogP contribution in [0.2, 0.25) is 0 Å². The van der Waals surface area contributed by atoms with Crippen molar-refractivity contribution in [1.82, 2.24) is 0 Å². The van der Waals surface area contributed by atoms with Gasteiger partial charge in [0.15, 0.2) is 0 Å². The lowest BCUT2D eigenvalue weighted by Gasteiger charge is -2.16. The van der Waals surface area contributed by atoms with E-state index in [0.29, 0.717) is 0 Å². The van der Waals surface area contributed by atoms with Gasteiger partial charge in [0, 0.05) is 0 Å². The van der Waals surface area contributed by atoms with Crippen molar-refractivity contribution in [2.45, 2.75) is 219 Å². The molecule has 0 amide bonds. The summed E-state index contributed by atoms with van der Waals surface area (Å²) in [5.74, 6) is 1.03. The SMILES string of the molecule is CCCCCCCCCCCCCCCCC(CCCI)CCCCCCCCCCCCCCCC. The molecule has 0 fully saturated rings. The first-order chi connectivity index (χ1) is 18.3. The number of rotatable bonds is 33. The zero-order valence-corrected chi connectivity index (χ0v) is 28.4. The molecular weight excluding hydrogens is 559 g/mol. The van der Waals surface area contributed by atoms with Gasteiger partial charge in [0.2, 0.25) is 0 Å². The van der Waals surface area contributed by atoms with Crippen molar-refractivity contribution < 1.29 is 0 Å². The van der Waals surface area contributed by atoms with E-state index < -0.39 is 0 Å². The average Bonchev–Trinajstić information content (AvgIpc) is 2.91. The summed E-state index contributed by atoms with van der Waals surface area (Å²) in [5, 5.41) is 0. The van der Waals surface area contributed by atoms with E-state index in [0.717, 1.165) is 5.92 Å². The smallest absolute Gasteiger partial charge is 0.000463 e. The van der Waals surface area contributed by atoms with Gasteiger partial charge in [-0.1, -0.05) is 229 Å². The maximum Gasteiger partial charge on any atom is -0.000463 e. The van der Waals surface area contributed by atoms with Gasteiger partial charge in [0.25, 0.3) is 0 Å². The van der Waals surface area contributed by atoms with Crippen LogP contribution >= 0.6 is 22.6 Å². The molecule has 0 aliphatic carbocycles. The molecule has 0 saturated heterocycles. The maximum atomic E-state index is 2.58. The third kappa shape index (κ3) is 32.8. The quantitative estimate of drug-likeness (QED) is 0.0384. The van der Waals surface area contributed by atoms with Crippen molar-refractivity contribution in [2.24, 2.45) is 5.92 Å². The lowest BCUT2D eigenvalue weighted by Crippen LogP contribution is -2.02. The molecule has 0 N–H and O–H groups in total. The summed E-state index contributed by atoms with van der Waals surface area (Å²) in [5.41, 5.74) is 0. The molecule has 0 heterocycles. The standard InChI is InChI=1S/C36H73I/c1-3-5-7-9-11-13-15-17-19-21-23-25-27-29-32-36(34-31-35-37)33-30-28-26-24-22-20-18-16-14-12-10-8-6-4-2/h36H,3-35H2,1-2H3. The molecule has 0 spiro atoms. The van der Waals surface area contributed by atoms with Crippen LogP contribution in [0.4, 0.5) is 0 Å². The number of hydrogen-bond acceptors (Lipinski definition) is 0. The Morgan fingerprint density at radius 1 is 0.297 bits per heavy atom. The molecule has 0 unspecified atom stereocenters. The average molecular weight is 633 g/mol. The highest BCUT2D eigenvalue weighted by atomic mass is 127. The third-order valence-electron chi connectivity index (χ3n) is 8.68. The topological polar surface area (TPSA) is 0 Å². The highest BCUT2D eigenvalue weighted by molar-refractivity contribution is 14.1. The molecular formula is C36H73I. The first kappa shape index (κ1) is 37.7. The zero-order valence-electron chi connectivity index (χ0n) is 26.3. The Hall–Kier alpha value is 0.730. The molecule has 1 heteroatoms. The summed E-state index contributed by atoms with van der Waals surface area (Å²) < 4.78 is 1.35. The Morgan fingerprint density at radius 3 is 0.757 bits per heavy atom. The van der Waals surface area contributed by atoms with Gasteiger partial charge in [0.1, 0.15) is 0 Å². The molecule has 0 rings (SSSR count). The molecule has 0 aromatic carbocycles. The lowest BCUT2D eigenvalue weighted by molar-refractivity contribution is 0.378. The van der Waals surface area contributed by atoms with Crippen LogP contribution < -0.4 is 0 Å². The van der Waals surface area contributed by atoms with Crippen molar-refractivity contribution in [3.05, 3.63) is 0 Å². The summed E-state index contributed by atoms with van der Waals surface area (Å²) in [6.07, 6.45) is 47.4. The van der Waals surface area contributed by atoms with Gasteiger partial charge in [-0.05, 0) is 23.2 Å². The highest BCUT2D eigenvalue weighted by Crippen LogP contribution is 2.24. The van der Waals surface area contributed by atoms with E-state index in [1.165, 1.54) is 210 Å². The van der Waals surface area contributed by atoms with E-state index in [1.54, 1.807) is 0 Å². The van der Waals surface area contributed by atoms with E-state index in [4.69, 9.17) is 0 Å². The van der Waals surface area contributed by atoms with Crippen LogP contribution in [-0.2, 0) is 0 Å². The second kappa shape index (κ2) is 34.8. The Balaban J connectivity index is 3.46. The van der Waals surface area contributed by atoms with Crippen LogP contribution in [0.3, 0.4) is 0 Å². The first-order valence-corrected chi connectivity index (χ1v) is 19.4.